The molecular formula is C10H11NO2. The Hall–Kier alpha value is -1.12. The van der Waals surface area contributed by atoms with E-state index in [1.54, 1.807) is 0 Å². The Balaban J connectivity index is 2.17. The van der Waals surface area contributed by atoms with E-state index in [4.69, 9.17) is 0 Å². The van der Waals surface area contributed by atoms with E-state index in [1.165, 1.54) is 0 Å². The Morgan fingerprint density at radius 3 is 2.92 bits per heavy atom. The molecule has 1 aliphatic heterocycles. The third kappa shape index (κ3) is 0.598. The zero-order chi connectivity index (χ0) is 9.22. The van der Waals surface area contributed by atoms with Gasteiger partial charge >= 0.3 is 0 Å². The van der Waals surface area contributed by atoms with Crippen LogP contribution in [0.1, 0.15) is 13.3 Å². The highest BCUT2D eigenvalue weighted by Gasteiger charge is 2.64. The highest BCUT2D eigenvalue weighted by molar-refractivity contribution is 6.08. The van der Waals surface area contributed by atoms with Crippen molar-refractivity contribution >= 4 is 11.8 Å². The van der Waals surface area contributed by atoms with Crippen molar-refractivity contribution in [1.82, 2.24) is 5.32 Å². The van der Waals surface area contributed by atoms with Crippen LogP contribution in [-0.2, 0) is 9.59 Å². The van der Waals surface area contributed by atoms with Crippen LogP contribution in [0, 0.1) is 23.2 Å². The molecular weight excluding hydrogens is 166 g/mol. The van der Waals surface area contributed by atoms with E-state index in [-0.39, 0.29) is 23.7 Å². The van der Waals surface area contributed by atoms with Crippen molar-refractivity contribution in [2.45, 2.75) is 13.3 Å². The standard InChI is InChI=1S/C10H11NO2/c1-10-6-3-2-5(4-6)7(10)8(12)11-9(10)13/h2-3,5-7H,4H2,1H3,(H,11,12,13)/t5-,6-,7+,10-/m0/s1. The highest BCUT2D eigenvalue weighted by atomic mass is 16.2. The first-order chi connectivity index (χ1) is 6.14. The van der Waals surface area contributed by atoms with Crippen molar-refractivity contribution in [2.75, 3.05) is 0 Å². The second kappa shape index (κ2) is 1.86. The third-order valence-electron chi connectivity index (χ3n) is 3.97. The van der Waals surface area contributed by atoms with Crippen LogP contribution >= 0.6 is 0 Å². The molecule has 1 saturated carbocycles. The first kappa shape index (κ1) is 7.30. The lowest BCUT2D eigenvalue weighted by Gasteiger charge is -2.27. The van der Waals surface area contributed by atoms with Gasteiger partial charge in [0.2, 0.25) is 11.8 Å². The summed E-state index contributed by atoms with van der Waals surface area (Å²) < 4.78 is 0. The first-order valence-electron chi connectivity index (χ1n) is 4.67. The maximum absolute atomic E-state index is 11.6. The van der Waals surface area contributed by atoms with Crippen molar-refractivity contribution in [3.63, 3.8) is 0 Å². The topological polar surface area (TPSA) is 46.2 Å². The van der Waals surface area contributed by atoms with E-state index in [0.717, 1.165) is 6.42 Å². The summed E-state index contributed by atoms with van der Waals surface area (Å²) in [6, 6.07) is 0. The smallest absolute Gasteiger partial charge is 0.233 e. The largest absolute Gasteiger partial charge is 0.296 e. The zero-order valence-electron chi connectivity index (χ0n) is 7.41. The van der Waals surface area contributed by atoms with Crippen LogP contribution in [-0.4, -0.2) is 11.8 Å². The van der Waals surface area contributed by atoms with Gasteiger partial charge in [-0.3, -0.25) is 14.9 Å². The number of rotatable bonds is 0. The fraction of sp³-hybridized carbons (Fsp3) is 0.600. The molecule has 0 radical (unpaired) electrons. The number of carbonyl (C=O) groups is 2. The fourth-order valence-electron chi connectivity index (χ4n) is 3.20. The number of carbonyl (C=O) groups excluding carboxylic acids is 2. The molecule has 13 heavy (non-hydrogen) atoms. The van der Waals surface area contributed by atoms with Gasteiger partial charge in [-0.2, -0.15) is 0 Å². The molecule has 68 valence electrons. The normalized spacial score (nSPS) is 51.3. The van der Waals surface area contributed by atoms with Gasteiger partial charge in [-0.1, -0.05) is 12.2 Å². The summed E-state index contributed by atoms with van der Waals surface area (Å²) in [6.07, 6.45) is 5.18. The molecule has 0 aromatic heterocycles. The average molecular weight is 177 g/mol. The Kier molecular flexibility index (Phi) is 1.05. The van der Waals surface area contributed by atoms with Gasteiger partial charge in [0.25, 0.3) is 0 Å². The lowest BCUT2D eigenvalue weighted by atomic mass is 9.71. The van der Waals surface area contributed by atoms with E-state index in [9.17, 15) is 9.59 Å². The molecule has 2 amide bonds. The van der Waals surface area contributed by atoms with Gasteiger partial charge < -0.3 is 0 Å². The summed E-state index contributed by atoms with van der Waals surface area (Å²) in [7, 11) is 0. The van der Waals surface area contributed by atoms with E-state index >= 15 is 0 Å². The number of fused-ring (bicyclic) bond motifs is 5. The number of hydrogen-bond donors (Lipinski definition) is 1. The maximum atomic E-state index is 11.6. The average Bonchev–Trinajstić information content (AvgIpc) is 2.66. The van der Waals surface area contributed by atoms with E-state index in [2.05, 4.69) is 17.5 Å². The molecule has 3 rings (SSSR count). The molecule has 0 spiro atoms. The van der Waals surface area contributed by atoms with Crippen LogP contribution in [0.5, 0.6) is 0 Å². The molecule has 0 aromatic rings. The van der Waals surface area contributed by atoms with Gasteiger partial charge in [0, 0.05) is 0 Å². The summed E-state index contributed by atoms with van der Waals surface area (Å²) in [6.45, 7) is 1.92. The number of nitrogens with one attached hydrogen (secondary N) is 1. The van der Waals surface area contributed by atoms with Gasteiger partial charge in [0.05, 0.1) is 11.3 Å². The SMILES string of the molecule is C[C@@]12C(=O)NC(=O)[C@H]1[C@H]1C=C[C@H]2C1. The number of amides is 2. The predicted octanol–water partition coefficient (Wildman–Crippen LogP) is 0.471. The summed E-state index contributed by atoms with van der Waals surface area (Å²) in [5.41, 5.74) is -0.434. The highest BCUT2D eigenvalue weighted by Crippen LogP contribution is 2.58. The van der Waals surface area contributed by atoms with Crippen LogP contribution in [0.3, 0.4) is 0 Å². The third-order valence-corrected chi connectivity index (χ3v) is 3.97. The molecule has 0 aromatic carbocycles. The van der Waals surface area contributed by atoms with Gasteiger partial charge in [0.15, 0.2) is 0 Å². The number of imide groups is 1. The summed E-state index contributed by atoms with van der Waals surface area (Å²) in [5.74, 6) is 0.370. The summed E-state index contributed by atoms with van der Waals surface area (Å²) in [5, 5.41) is 2.44. The number of hydrogen-bond acceptors (Lipinski definition) is 2. The fourth-order valence-corrected chi connectivity index (χ4v) is 3.20. The van der Waals surface area contributed by atoms with Gasteiger partial charge in [-0.05, 0) is 25.2 Å². The van der Waals surface area contributed by atoms with E-state index in [0.29, 0.717) is 5.92 Å². The van der Waals surface area contributed by atoms with Gasteiger partial charge in [0.1, 0.15) is 0 Å². The molecule has 2 fully saturated rings. The molecule has 1 N–H and O–H groups in total. The van der Waals surface area contributed by atoms with E-state index < -0.39 is 5.41 Å². The van der Waals surface area contributed by atoms with Crippen molar-refractivity contribution in [3.8, 4) is 0 Å². The van der Waals surface area contributed by atoms with Crippen LogP contribution in [0.15, 0.2) is 12.2 Å². The second-order valence-electron chi connectivity index (χ2n) is 4.47. The maximum Gasteiger partial charge on any atom is 0.233 e. The molecule has 4 atom stereocenters. The molecule has 3 aliphatic rings. The van der Waals surface area contributed by atoms with Crippen molar-refractivity contribution < 1.29 is 9.59 Å². The van der Waals surface area contributed by atoms with Crippen LogP contribution in [0.25, 0.3) is 0 Å². The van der Waals surface area contributed by atoms with Crippen LogP contribution in [0.4, 0.5) is 0 Å². The Morgan fingerprint density at radius 2 is 2.23 bits per heavy atom. The van der Waals surface area contributed by atoms with Crippen LogP contribution < -0.4 is 5.32 Å². The molecule has 1 heterocycles. The molecule has 3 heteroatoms. The van der Waals surface area contributed by atoms with Gasteiger partial charge in [-0.25, -0.2) is 0 Å². The van der Waals surface area contributed by atoms with E-state index in [1.807, 2.05) is 6.92 Å². The monoisotopic (exact) mass is 177 g/mol. The Morgan fingerprint density at radius 1 is 1.46 bits per heavy atom. The minimum Gasteiger partial charge on any atom is -0.296 e. The molecule has 2 bridgehead atoms. The number of allylic oxidation sites excluding steroid dienone is 2. The lowest BCUT2D eigenvalue weighted by molar-refractivity contribution is -0.129. The summed E-state index contributed by atoms with van der Waals surface area (Å²) in [4.78, 5) is 23.1. The minimum atomic E-state index is -0.434. The zero-order valence-corrected chi connectivity index (χ0v) is 7.41. The second-order valence-corrected chi connectivity index (χ2v) is 4.47. The van der Waals surface area contributed by atoms with Crippen LogP contribution in [0.2, 0.25) is 0 Å². The first-order valence-corrected chi connectivity index (χ1v) is 4.67. The quantitative estimate of drug-likeness (QED) is 0.432. The minimum absolute atomic E-state index is 0.0654. The Bertz CT molecular complexity index is 347. The Labute approximate surface area is 76.2 Å². The molecule has 0 unspecified atom stereocenters. The van der Waals surface area contributed by atoms with Gasteiger partial charge in [-0.15, -0.1) is 0 Å². The predicted molar refractivity (Wildman–Crippen MR) is 45.5 cm³/mol. The molecule has 3 nitrogen and oxygen atoms in total. The summed E-state index contributed by atoms with van der Waals surface area (Å²) >= 11 is 0. The lowest BCUT2D eigenvalue weighted by Crippen LogP contribution is -2.35. The molecule has 2 aliphatic carbocycles. The van der Waals surface area contributed by atoms with Crippen molar-refractivity contribution in [2.24, 2.45) is 23.2 Å². The van der Waals surface area contributed by atoms with Crippen molar-refractivity contribution in [1.29, 1.82) is 0 Å². The molecule has 1 saturated heterocycles. The van der Waals surface area contributed by atoms with Crippen molar-refractivity contribution in [3.05, 3.63) is 12.2 Å².